The maximum atomic E-state index is 13.7. The van der Waals surface area contributed by atoms with Gasteiger partial charge in [-0.25, -0.2) is 9.37 Å². The van der Waals surface area contributed by atoms with Crippen LogP contribution in [0, 0.1) is 12.7 Å². The van der Waals surface area contributed by atoms with E-state index in [1.807, 2.05) is 61.5 Å². The van der Waals surface area contributed by atoms with Crippen LogP contribution < -0.4 is 10.6 Å². The molecule has 0 saturated carbocycles. The number of amides is 2. The fourth-order valence-corrected chi connectivity index (χ4v) is 4.61. The van der Waals surface area contributed by atoms with E-state index in [4.69, 9.17) is 4.98 Å². The number of imidazole rings is 1. The lowest BCUT2D eigenvalue weighted by atomic mass is 10.0. The van der Waals surface area contributed by atoms with E-state index in [1.165, 1.54) is 12.1 Å². The van der Waals surface area contributed by atoms with Gasteiger partial charge < -0.3 is 20.1 Å². The van der Waals surface area contributed by atoms with Gasteiger partial charge in [0, 0.05) is 30.8 Å². The van der Waals surface area contributed by atoms with E-state index < -0.39 is 6.04 Å². The zero-order chi connectivity index (χ0) is 26.6. The van der Waals surface area contributed by atoms with Gasteiger partial charge in [0.1, 0.15) is 29.2 Å². The average molecular weight is 512 g/mol. The van der Waals surface area contributed by atoms with Crippen molar-refractivity contribution >= 4 is 23.3 Å². The molecular weight excluding hydrogens is 481 g/mol. The Morgan fingerprint density at radius 3 is 2.37 bits per heavy atom. The smallest absolute Gasteiger partial charge is 0.250 e. The second kappa shape index (κ2) is 10.9. The van der Waals surface area contributed by atoms with Crippen LogP contribution in [0.2, 0.25) is 0 Å². The third-order valence-electron chi connectivity index (χ3n) is 6.72. The lowest BCUT2D eigenvalue weighted by Gasteiger charge is -2.32. The third kappa shape index (κ3) is 5.29. The quantitative estimate of drug-likeness (QED) is 0.351. The second-order valence-corrected chi connectivity index (χ2v) is 9.40. The summed E-state index contributed by atoms with van der Waals surface area (Å²) in [5, 5.41) is 6.38. The highest BCUT2D eigenvalue weighted by Crippen LogP contribution is 2.34. The van der Waals surface area contributed by atoms with Gasteiger partial charge in [-0.2, -0.15) is 0 Å². The molecule has 38 heavy (non-hydrogen) atoms. The van der Waals surface area contributed by atoms with Crippen LogP contribution in [0.5, 0.6) is 0 Å². The van der Waals surface area contributed by atoms with Gasteiger partial charge in [0.2, 0.25) is 11.8 Å². The van der Waals surface area contributed by atoms with Gasteiger partial charge in [0.05, 0.1) is 6.54 Å². The van der Waals surface area contributed by atoms with E-state index in [0.717, 1.165) is 28.2 Å². The summed E-state index contributed by atoms with van der Waals surface area (Å²) in [5.74, 6) is 0.828. The molecular formula is C30H30FN5O2. The Bertz CT molecular complexity index is 1430. The monoisotopic (exact) mass is 511 g/mol. The number of aromatic nitrogens is 2. The number of carbonyl (C=O) groups is 2. The second-order valence-electron chi connectivity index (χ2n) is 9.40. The Balaban J connectivity index is 1.48. The number of nitrogens with zero attached hydrogens (tertiary/aromatic N) is 3. The van der Waals surface area contributed by atoms with E-state index in [-0.39, 0.29) is 30.6 Å². The Hall–Kier alpha value is -4.46. The van der Waals surface area contributed by atoms with E-state index in [0.29, 0.717) is 24.6 Å². The first-order valence-corrected chi connectivity index (χ1v) is 12.7. The molecule has 2 amide bonds. The standard InChI is InChI=1S/C30H30FN5O2/c1-3-26(37)34-28(21-7-5-4-6-8-21)30(38)35-17-18-36-25(19-35)33-27(22-11-13-23(31)14-12-22)29(36)32-24-15-9-20(2)10-16-24/h4-16,28,32H,3,17-19H2,1-2H3,(H,34,37)/t28-/m0/s1. The molecule has 1 atom stereocenters. The van der Waals surface area contributed by atoms with E-state index in [2.05, 4.69) is 15.2 Å². The van der Waals surface area contributed by atoms with Crippen molar-refractivity contribution in [2.24, 2.45) is 0 Å². The Labute approximate surface area is 221 Å². The molecule has 4 aromatic rings. The molecule has 0 aliphatic carbocycles. The number of benzene rings is 3. The number of halogens is 1. The zero-order valence-corrected chi connectivity index (χ0v) is 21.4. The minimum absolute atomic E-state index is 0.177. The van der Waals surface area contributed by atoms with Crippen LogP contribution in [0.3, 0.4) is 0 Å². The first-order valence-electron chi connectivity index (χ1n) is 12.7. The summed E-state index contributed by atoms with van der Waals surface area (Å²) >= 11 is 0. The Morgan fingerprint density at radius 2 is 1.68 bits per heavy atom. The third-order valence-corrected chi connectivity index (χ3v) is 6.72. The molecule has 1 aromatic heterocycles. The van der Waals surface area contributed by atoms with Gasteiger partial charge in [-0.05, 0) is 48.9 Å². The van der Waals surface area contributed by atoms with Crippen LogP contribution in [0.1, 0.15) is 36.3 Å². The molecule has 2 heterocycles. The molecule has 2 N–H and O–H groups in total. The van der Waals surface area contributed by atoms with Gasteiger partial charge in [0.15, 0.2) is 0 Å². The summed E-state index contributed by atoms with van der Waals surface area (Å²) in [6, 6.07) is 22.8. The Kier molecular flexibility index (Phi) is 7.22. The largest absolute Gasteiger partial charge is 0.341 e. The van der Waals surface area contributed by atoms with Gasteiger partial charge in [-0.3, -0.25) is 9.59 Å². The highest BCUT2D eigenvalue weighted by molar-refractivity contribution is 5.89. The topological polar surface area (TPSA) is 79.3 Å². The number of rotatable bonds is 7. The zero-order valence-electron chi connectivity index (χ0n) is 21.4. The summed E-state index contributed by atoms with van der Waals surface area (Å²) in [4.78, 5) is 32.6. The fraction of sp³-hybridized carbons (Fsp3) is 0.233. The van der Waals surface area contributed by atoms with Crippen molar-refractivity contribution in [2.75, 3.05) is 11.9 Å². The number of hydrogen-bond acceptors (Lipinski definition) is 4. The summed E-state index contributed by atoms with van der Waals surface area (Å²) in [7, 11) is 0. The fourth-order valence-electron chi connectivity index (χ4n) is 4.61. The molecule has 7 nitrogen and oxygen atoms in total. The number of aryl methyl sites for hydroxylation is 1. The van der Waals surface area contributed by atoms with Crippen molar-refractivity contribution in [2.45, 2.75) is 39.4 Å². The summed E-state index contributed by atoms with van der Waals surface area (Å²) in [6.45, 7) is 5.06. The lowest BCUT2D eigenvalue weighted by Crippen LogP contribution is -2.45. The summed E-state index contributed by atoms with van der Waals surface area (Å²) in [6.07, 6.45) is 0.288. The lowest BCUT2D eigenvalue weighted by molar-refractivity contribution is -0.138. The van der Waals surface area contributed by atoms with Crippen molar-refractivity contribution in [3.8, 4) is 11.3 Å². The van der Waals surface area contributed by atoms with Crippen LogP contribution in [0.25, 0.3) is 11.3 Å². The number of anilines is 2. The summed E-state index contributed by atoms with van der Waals surface area (Å²) < 4.78 is 15.7. The van der Waals surface area contributed by atoms with E-state index in [1.54, 1.807) is 24.0 Å². The van der Waals surface area contributed by atoms with Crippen LogP contribution in [-0.4, -0.2) is 32.8 Å². The first kappa shape index (κ1) is 25.2. The van der Waals surface area contributed by atoms with Crippen molar-refractivity contribution in [1.29, 1.82) is 0 Å². The normalized spacial score (nSPS) is 13.5. The van der Waals surface area contributed by atoms with Crippen molar-refractivity contribution in [3.05, 3.63) is 102 Å². The molecule has 8 heteroatoms. The van der Waals surface area contributed by atoms with Crippen molar-refractivity contribution in [1.82, 2.24) is 19.8 Å². The highest BCUT2D eigenvalue weighted by atomic mass is 19.1. The number of fused-ring (bicyclic) bond motifs is 1. The number of nitrogens with one attached hydrogen (secondary N) is 2. The molecule has 0 unspecified atom stereocenters. The highest BCUT2D eigenvalue weighted by Gasteiger charge is 2.32. The molecule has 0 radical (unpaired) electrons. The summed E-state index contributed by atoms with van der Waals surface area (Å²) in [5.41, 5.74) is 4.27. The van der Waals surface area contributed by atoms with Crippen LogP contribution >= 0.6 is 0 Å². The molecule has 5 rings (SSSR count). The van der Waals surface area contributed by atoms with Crippen LogP contribution in [0.15, 0.2) is 78.9 Å². The van der Waals surface area contributed by atoms with Crippen molar-refractivity contribution < 1.29 is 14.0 Å². The minimum Gasteiger partial charge on any atom is -0.341 e. The average Bonchev–Trinajstić information content (AvgIpc) is 3.30. The van der Waals surface area contributed by atoms with Crippen LogP contribution in [0.4, 0.5) is 15.9 Å². The van der Waals surface area contributed by atoms with Gasteiger partial charge in [-0.15, -0.1) is 0 Å². The molecule has 194 valence electrons. The number of hydrogen-bond donors (Lipinski definition) is 2. The van der Waals surface area contributed by atoms with E-state index in [9.17, 15) is 14.0 Å². The molecule has 0 saturated heterocycles. The Morgan fingerprint density at radius 1 is 0.974 bits per heavy atom. The molecule has 0 fully saturated rings. The minimum atomic E-state index is -0.771. The molecule has 1 aliphatic rings. The maximum Gasteiger partial charge on any atom is 0.250 e. The number of carbonyl (C=O) groups excluding carboxylic acids is 2. The molecule has 0 spiro atoms. The predicted molar refractivity (Wildman–Crippen MR) is 145 cm³/mol. The van der Waals surface area contributed by atoms with Gasteiger partial charge in [-0.1, -0.05) is 55.0 Å². The molecule has 0 bridgehead atoms. The molecule has 1 aliphatic heterocycles. The van der Waals surface area contributed by atoms with E-state index >= 15 is 0 Å². The van der Waals surface area contributed by atoms with Crippen LogP contribution in [-0.2, 0) is 22.7 Å². The van der Waals surface area contributed by atoms with Gasteiger partial charge in [0.25, 0.3) is 0 Å². The first-order chi connectivity index (χ1) is 18.4. The SMILES string of the molecule is CCC(=O)N[C@H](C(=O)N1CCn2c(nc(-c3ccc(F)cc3)c2Nc2ccc(C)cc2)C1)c1ccccc1. The molecule has 3 aromatic carbocycles. The van der Waals surface area contributed by atoms with Gasteiger partial charge >= 0.3 is 0 Å². The van der Waals surface area contributed by atoms with Crippen molar-refractivity contribution in [3.63, 3.8) is 0 Å². The predicted octanol–water partition coefficient (Wildman–Crippen LogP) is 5.35. The maximum absolute atomic E-state index is 13.7.